The third kappa shape index (κ3) is 2.96. The van der Waals surface area contributed by atoms with Crippen molar-refractivity contribution in [1.82, 2.24) is 9.80 Å². The van der Waals surface area contributed by atoms with Gasteiger partial charge in [0.2, 0.25) is 5.91 Å². The maximum absolute atomic E-state index is 11.4. The minimum Gasteiger partial charge on any atom is -0.340 e. The number of likely N-dealkylation sites (tertiary alicyclic amines) is 1. The summed E-state index contributed by atoms with van der Waals surface area (Å²) in [5.74, 6) is 0.0466. The summed E-state index contributed by atoms with van der Waals surface area (Å²) in [6.45, 7) is 2.24. The minimum atomic E-state index is 0.0466. The number of carbonyl (C=O) groups is 1. The summed E-state index contributed by atoms with van der Waals surface area (Å²) < 4.78 is 0. The molecule has 2 N–H and O–H groups in total. The molecule has 0 radical (unpaired) electrons. The van der Waals surface area contributed by atoms with Crippen molar-refractivity contribution in [1.29, 1.82) is 0 Å². The molecule has 1 fully saturated rings. The molecule has 1 aliphatic heterocycles. The number of nitrogens with zero attached hydrogens (tertiary/aromatic N) is 2. The number of likely N-dealkylation sites (N-methyl/N-ethyl adjacent to an activating group) is 2. The highest BCUT2D eigenvalue weighted by Gasteiger charge is 2.22. The van der Waals surface area contributed by atoms with Crippen LogP contribution in [0.25, 0.3) is 0 Å². The molecule has 1 aliphatic rings. The van der Waals surface area contributed by atoms with E-state index in [0.29, 0.717) is 6.04 Å². The minimum absolute atomic E-state index is 0.0466. The van der Waals surface area contributed by atoms with Crippen LogP contribution in [0.3, 0.4) is 0 Å². The fourth-order valence-electron chi connectivity index (χ4n) is 1.97. The van der Waals surface area contributed by atoms with Crippen LogP contribution in [0, 0.1) is 0 Å². The molecule has 0 saturated carbocycles. The van der Waals surface area contributed by atoms with E-state index in [-0.39, 0.29) is 12.5 Å². The van der Waals surface area contributed by atoms with E-state index in [4.69, 9.17) is 5.73 Å². The van der Waals surface area contributed by atoms with E-state index in [1.54, 1.807) is 0 Å². The van der Waals surface area contributed by atoms with Gasteiger partial charge in [-0.2, -0.15) is 0 Å². The zero-order chi connectivity index (χ0) is 10.6. The van der Waals surface area contributed by atoms with E-state index in [2.05, 4.69) is 11.9 Å². The highest BCUT2D eigenvalue weighted by Crippen LogP contribution is 2.13. The highest BCUT2D eigenvalue weighted by atomic mass is 16.2. The summed E-state index contributed by atoms with van der Waals surface area (Å²) in [6, 6.07) is 0.346. The second-order valence-corrected chi connectivity index (χ2v) is 4.12. The van der Waals surface area contributed by atoms with Crippen molar-refractivity contribution >= 4 is 5.91 Å². The Morgan fingerprint density at radius 3 is 2.93 bits per heavy atom. The second kappa shape index (κ2) is 5.32. The fourth-order valence-corrected chi connectivity index (χ4v) is 1.97. The summed E-state index contributed by atoms with van der Waals surface area (Å²) in [5, 5.41) is 0. The van der Waals surface area contributed by atoms with Crippen molar-refractivity contribution in [3.8, 4) is 0 Å². The number of rotatable bonds is 2. The summed E-state index contributed by atoms with van der Waals surface area (Å²) >= 11 is 0. The van der Waals surface area contributed by atoms with Gasteiger partial charge >= 0.3 is 0 Å². The largest absolute Gasteiger partial charge is 0.340 e. The first-order chi connectivity index (χ1) is 6.65. The molecule has 1 saturated heterocycles. The predicted octanol–water partition coefficient (Wildman–Crippen LogP) is -0.112. The molecule has 0 bridgehead atoms. The Labute approximate surface area is 86.0 Å². The van der Waals surface area contributed by atoms with Gasteiger partial charge < -0.3 is 15.5 Å². The summed E-state index contributed by atoms with van der Waals surface area (Å²) in [7, 11) is 3.97. The van der Waals surface area contributed by atoms with Crippen LogP contribution in [0.1, 0.15) is 19.3 Å². The van der Waals surface area contributed by atoms with E-state index in [1.165, 1.54) is 12.8 Å². The van der Waals surface area contributed by atoms with Gasteiger partial charge in [0.15, 0.2) is 0 Å². The Kier molecular flexibility index (Phi) is 4.35. The first kappa shape index (κ1) is 11.5. The van der Waals surface area contributed by atoms with E-state index in [0.717, 1.165) is 19.5 Å². The van der Waals surface area contributed by atoms with Gasteiger partial charge in [-0.3, -0.25) is 4.79 Å². The van der Waals surface area contributed by atoms with Crippen LogP contribution in [0.4, 0.5) is 0 Å². The lowest BCUT2D eigenvalue weighted by atomic mass is 10.1. The zero-order valence-electron chi connectivity index (χ0n) is 9.20. The van der Waals surface area contributed by atoms with Crippen LogP contribution >= 0.6 is 0 Å². The molecule has 1 unspecified atom stereocenters. The van der Waals surface area contributed by atoms with E-state index >= 15 is 0 Å². The lowest BCUT2D eigenvalue weighted by molar-refractivity contribution is -0.130. The van der Waals surface area contributed by atoms with Crippen molar-refractivity contribution in [3.05, 3.63) is 0 Å². The Balaban J connectivity index is 2.52. The molecule has 0 aliphatic carbocycles. The molecule has 82 valence electrons. The maximum atomic E-state index is 11.4. The molecule has 0 aromatic heterocycles. The van der Waals surface area contributed by atoms with Gasteiger partial charge in [0.05, 0.1) is 6.54 Å². The summed E-state index contributed by atoms with van der Waals surface area (Å²) in [4.78, 5) is 15.5. The van der Waals surface area contributed by atoms with Gasteiger partial charge in [0.25, 0.3) is 0 Å². The molecular weight excluding hydrogens is 178 g/mol. The smallest absolute Gasteiger partial charge is 0.236 e. The molecule has 1 atom stereocenters. The zero-order valence-corrected chi connectivity index (χ0v) is 9.20. The van der Waals surface area contributed by atoms with Gasteiger partial charge in [-0.05, 0) is 26.4 Å². The van der Waals surface area contributed by atoms with Crippen LogP contribution in [0.15, 0.2) is 0 Å². The van der Waals surface area contributed by atoms with Gasteiger partial charge in [0, 0.05) is 19.6 Å². The van der Waals surface area contributed by atoms with Gasteiger partial charge in [0.1, 0.15) is 0 Å². The first-order valence-electron chi connectivity index (χ1n) is 5.29. The third-order valence-electron chi connectivity index (χ3n) is 2.97. The summed E-state index contributed by atoms with van der Waals surface area (Å²) in [6.07, 6.45) is 3.54. The quantitative estimate of drug-likeness (QED) is 0.675. The van der Waals surface area contributed by atoms with Gasteiger partial charge in [-0.25, -0.2) is 0 Å². The first-order valence-corrected chi connectivity index (χ1v) is 5.29. The van der Waals surface area contributed by atoms with Crippen molar-refractivity contribution < 1.29 is 4.79 Å². The lowest BCUT2D eigenvalue weighted by Gasteiger charge is -2.29. The van der Waals surface area contributed by atoms with Crippen LogP contribution in [0.2, 0.25) is 0 Å². The van der Waals surface area contributed by atoms with Crippen molar-refractivity contribution in [3.63, 3.8) is 0 Å². The van der Waals surface area contributed by atoms with Crippen molar-refractivity contribution in [2.45, 2.75) is 25.3 Å². The number of carbonyl (C=O) groups excluding carboxylic acids is 1. The molecule has 1 rings (SSSR count). The van der Waals surface area contributed by atoms with E-state index in [1.807, 2.05) is 11.9 Å². The van der Waals surface area contributed by atoms with Crippen molar-refractivity contribution in [2.75, 3.05) is 33.7 Å². The van der Waals surface area contributed by atoms with Crippen LogP contribution in [0.5, 0.6) is 0 Å². The Morgan fingerprint density at radius 2 is 2.29 bits per heavy atom. The molecule has 0 spiro atoms. The van der Waals surface area contributed by atoms with Crippen LogP contribution < -0.4 is 5.73 Å². The number of hydrogen-bond donors (Lipinski definition) is 1. The van der Waals surface area contributed by atoms with E-state index < -0.39 is 0 Å². The number of amides is 1. The molecule has 0 aromatic carbocycles. The number of hydrogen-bond acceptors (Lipinski definition) is 3. The predicted molar refractivity (Wildman–Crippen MR) is 57.0 cm³/mol. The third-order valence-corrected chi connectivity index (χ3v) is 2.97. The average Bonchev–Trinajstić information content (AvgIpc) is 2.40. The van der Waals surface area contributed by atoms with Crippen molar-refractivity contribution in [2.24, 2.45) is 5.73 Å². The molecule has 0 aromatic rings. The average molecular weight is 199 g/mol. The maximum Gasteiger partial charge on any atom is 0.236 e. The van der Waals surface area contributed by atoms with Gasteiger partial charge in [-0.1, -0.05) is 6.42 Å². The van der Waals surface area contributed by atoms with Crippen LogP contribution in [-0.2, 0) is 4.79 Å². The van der Waals surface area contributed by atoms with Gasteiger partial charge in [-0.15, -0.1) is 0 Å². The lowest BCUT2D eigenvalue weighted by Crippen LogP contribution is -2.45. The van der Waals surface area contributed by atoms with Crippen LogP contribution in [-0.4, -0.2) is 55.5 Å². The Morgan fingerprint density at radius 1 is 1.57 bits per heavy atom. The normalized spacial score (nSPS) is 24.4. The molecule has 1 amide bonds. The number of nitrogens with two attached hydrogens (primary N) is 1. The molecule has 14 heavy (non-hydrogen) atoms. The second-order valence-electron chi connectivity index (χ2n) is 4.12. The highest BCUT2D eigenvalue weighted by molar-refractivity contribution is 5.78. The monoisotopic (exact) mass is 199 g/mol. The topological polar surface area (TPSA) is 49.6 Å². The Hall–Kier alpha value is -0.610. The standard InChI is InChI=1S/C10H21N3O/c1-12-6-4-3-5-9(8-12)13(2)10(14)7-11/h9H,3-8,11H2,1-2H3. The molecule has 4 heteroatoms. The van der Waals surface area contributed by atoms with E-state index in [9.17, 15) is 4.79 Å². The molecular formula is C10H21N3O. The fraction of sp³-hybridized carbons (Fsp3) is 0.900. The molecule has 4 nitrogen and oxygen atoms in total. The SMILES string of the molecule is CN1CCCCC(N(C)C(=O)CN)C1. The Bertz CT molecular complexity index is 196. The summed E-state index contributed by atoms with van der Waals surface area (Å²) in [5.41, 5.74) is 5.35. The molecule has 1 heterocycles.